The van der Waals surface area contributed by atoms with Gasteiger partial charge in [0.05, 0.1) is 0 Å². The Hall–Kier alpha value is -2.78. The first kappa shape index (κ1) is 19.5. The van der Waals surface area contributed by atoms with E-state index >= 15 is 0 Å². The fourth-order valence-electron chi connectivity index (χ4n) is 3.58. The molecule has 0 aliphatic carbocycles. The first-order valence-electron chi connectivity index (χ1n) is 9.24. The number of aryl methyl sites for hydroxylation is 1. The number of pyridine rings is 1. The number of benzene rings is 1. The third-order valence-electron chi connectivity index (χ3n) is 5.14. The number of sulfonamides is 1. The van der Waals surface area contributed by atoms with E-state index < -0.39 is 10.0 Å². The molecule has 0 spiro atoms. The van der Waals surface area contributed by atoms with Crippen LogP contribution in [0.4, 0.5) is 9.18 Å². The van der Waals surface area contributed by atoms with Crippen LogP contribution in [0.5, 0.6) is 0 Å². The molecule has 0 saturated heterocycles. The van der Waals surface area contributed by atoms with Crippen LogP contribution >= 0.6 is 0 Å². The van der Waals surface area contributed by atoms with Crippen molar-refractivity contribution in [1.29, 1.82) is 0 Å². The molecule has 2 aromatic rings. The van der Waals surface area contributed by atoms with Gasteiger partial charge in [0.2, 0.25) is 0 Å². The van der Waals surface area contributed by atoms with E-state index in [0.717, 1.165) is 11.1 Å². The van der Waals surface area contributed by atoms with Crippen molar-refractivity contribution in [1.82, 2.24) is 19.5 Å². The lowest BCUT2D eigenvalue weighted by Crippen LogP contribution is -2.41. The zero-order chi connectivity index (χ0) is 20.6. The SMILES string of the molecule is Cc1cccc(S(=O)(=O)N2CC3=C(CN(C(=O)NCc4ccccc4F)C3)C2)n1. The van der Waals surface area contributed by atoms with E-state index in [1.54, 1.807) is 42.2 Å². The Labute approximate surface area is 168 Å². The zero-order valence-corrected chi connectivity index (χ0v) is 16.7. The molecule has 0 fully saturated rings. The van der Waals surface area contributed by atoms with E-state index in [0.29, 0.717) is 24.3 Å². The summed E-state index contributed by atoms with van der Waals surface area (Å²) in [5, 5.41) is 2.76. The van der Waals surface area contributed by atoms with Gasteiger partial charge in [0.15, 0.2) is 5.03 Å². The summed E-state index contributed by atoms with van der Waals surface area (Å²) in [6.45, 7) is 3.09. The summed E-state index contributed by atoms with van der Waals surface area (Å²) < 4.78 is 40.7. The minimum atomic E-state index is -3.67. The highest BCUT2D eigenvalue weighted by Crippen LogP contribution is 2.29. The molecule has 9 heteroatoms. The summed E-state index contributed by atoms with van der Waals surface area (Å²) in [5.41, 5.74) is 2.93. The average Bonchev–Trinajstić information content (AvgIpc) is 3.27. The molecular formula is C20H21FN4O3S. The minimum Gasteiger partial charge on any atom is -0.334 e. The zero-order valence-electron chi connectivity index (χ0n) is 15.9. The molecule has 0 radical (unpaired) electrons. The molecule has 2 aliphatic heterocycles. The maximum atomic E-state index is 13.7. The number of urea groups is 1. The quantitative estimate of drug-likeness (QED) is 0.774. The summed E-state index contributed by atoms with van der Waals surface area (Å²) in [5.74, 6) is -0.361. The Morgan fingerprint density at radius 3 is 2.41 bits per heavy atom. The predicted molar refractivity (Wildman–Crippen MR) is 105 cm³/mol. The number of nitrogens with zero attached hydrogens (tertiary/aromatic N) is 3. The van der Waals surface area contributed by atoms with E-state index in [4.69, 9.17) is 0 Å². The summed E-state index contributed by atoms with van der Waals surface area (Å²) in [7, 11) is -3.67. The Morgan fingerprint density at radius 2 is 1.76 bits per heavy atom. The lowest BCUT2D eigenvalue weighted by Gasteiger charge is -2.23. The highest BCUT2D eigenvalue weighted by atomic mass is 32.2. The Balaban J connectivity index is 1.35. The van der Waals surface area contributed by atoms with Gasteiger partial charge in [0.1, 0.15) is 5.82 Å². The normalized spacial score (nSPS) is 17.0. The van der Waals surface area contributed by atoms with Crippen LogP contribution in [0.3, 0.4) is 0 Å². The van der Waals surface area contributed by atoms with Crippen LogP contribution in [0.25, 0.3) is 0 Å². The van der Waals surface area contributed by atoms with Gasteiger partial charge in [-0.15, -0.1) is 0 Å². The Bertz CT molecular complexity index is 1080. The monoisotopic (exact) mass is 416 g/mol. The van der Waals surface area contributed by atoms with Crippen molar-refractivity contribution in [2.45, 2.75) is 18.5 Å². The van der Waals surface area contributed by atoms with E-state index in [1.165, 1.54) is 16.4 Å². The van der Waals surface area contributed by atoms with Gasteiger partial charge in [-0.2, -0.15) is 4.31 Å². The molecule has 0 bridgehead atoms. The number of hydrogen-bond acceptors (Lipinski definition) is 4. The molecule has 0 unspecified atom stereocenters. The van der Waals surface area contributed by atoms with Gasteiger partial charge in [0, 0.05) is 44.0 Å². The number of carbonyl (C=O) groups excluding carboxylic acids is 1. The molecule has 1 aromatic carbocycles. The minimum absolute atomic E-state index is 0.0400. The van der Waals surface area contributed by atoms with Gasteiger partial charge in [-0.05, 0) is 36.3 Å². The summed E-state index contributed by atoms with van der Waals surface area (Å²) in [6.07, 6.45) is 0. The third-order valence-corrected chi connectivity index (χ3v) is 6.83. The van der Waals surface area contributed by atoms with E-state index in [2.05, 4.69) is 10.3 Å². The Morgan fingerprint density at radius 1 is 1.07 bits per heavy atom. The fraction of sp³-hybridized carbons (Fsp3) is 0.300. The summed E-state index contributed by atoms with van der Waals surface area (Å²) in [6, 6.07) is 10.9. The standard InChI is InChI=1S/C20H21FN4O3S/c1-14-5-4-8-19(23-14)29(27,28)25-12-16-10-24(11-17(16)13-25)20(26)22-9-15-6-2-3-7-18(15)21/h2-8H,9-13H2,1H3,(H,22,26). The third kappa shape index (κ3) is 3.88. The lowest BCUT2D eigenvalue weighted by atomic mass is 10.2. The van der Waals surface area contributed by atoms with Crippen LogP contribution in [0.2, 0.25) is 0 Å². The van der Waals surface area contributed by atoms with Crippen LogP contribution < -0.4 is 5.32 Å². The van der Waals surface area contributed by atoms with E-state index in [-0.39, 0.29) is 36.5 Å². The van der Waals surface area contributed by atoms with Crippen molar-refractivity contribution in [3.63, 3.8) is 0 Å². The largest absolute Gasteiger partial charge is 0.334 e. The molecule has 3 heterocycles. The first-order chi connectivity index (χ1) is 13.8. The van der Waals surface area contributed by atoms with Crippen molar-refractivity contribution in [3.05, 3.63) is 70.7 Å². The smallest absolute Gasteiger partial charge is 0.318 e. The molecule has 7 nitrogen and oxygen atoms in total. The van der Waals surface area contributed by atoms with Crippen molar-refractivity contribution >= 4 is 16.1 Å². The molecule has 0 atom stereocenters. The van der Waals surface area contributed by atoms with Crippen molar-refractivity contribution in [2.75, 3.05) is 26.2 Å². The second-order valence-corrected chi connectivity index (χ2v) is 9.09. The van der Waals surface area contributed by atoms with Gasteiger partial charge in [-0.3, -0.25) is 0 Å². The second kappa shape index (κ2) is 7.57. The molecular weight excluding hydrogens is 395 g/mol. The van der Waals surface area contributed by atoms with Crippen LogP contribution in [-0.4, -0.2) is 54.8 Å². The van der Waals surface area contributed by atoms with Crippen molar-refractivity contribution in [3.8, 4) is 0 Å². The molecule has 2 amide bonds. The van der Waals surface area contributed by atoms with Crippen LogP contribution in [0.15, 0.2) is 58.6 Å². The molecule has 1 aromatic heterocycles. The van der Waals surface area contributed by atoms with Gasteiger partial charge < -0.3 is 10.2 Å². The highest BCUT2D eigenvalue weighted by Gasteiger charge is 2.38. The van der Waals surface area contributed by atoms with Gasteiger partial charge in [-0.1, -0.05) is 24.3 Å². The summed E-state index contributed by atoms with van der Waals surface area (Å²) >= 11 is 0. The van der Waals surface area contributed by atoms with Gasteiger partial charge in [0.25, 0.3) is 10.0 Å². The second-order valence-electron chi connectivity index (χ2n) is 7.20. The molecule has 2 aliphatic rings. The Kier molecular flexibility index (Phi) is 5.10. The first-order valence-corrected chi connectivity index (χ1v) is 10.7. The number of amides is 2. The number of aromatic nitrogens is 1. The van der Waals surface area contributed by atoms with Crippen LogP contribution in [-0.2, 0) is 16.6 Å². The fourth-order valence-corrected chi connectivity index (χ4v) is 5.00. The van der Waals surface area contributed by atoms with Crippen molar-refractivity contribution in [2.24, 2.45) is 0 Å². The molecule has 1 N–H and O–H groups in total. The number of nitrogens with one attached hydrogen (secondary N) is 1. The topological polar surface area (TPSA) is 82.6 Å². The van der Waals surface area contributed by atoms with Gasteiger partial charge >= 0.3 is 6.03 Å². The molecule has 29 heavy (non-hydrogen) atoms. The lowest BCUT2D eigenvalue weighted by molar-refractivity contribution is 0.207. The number of rotatable bonds is 4. The number of hydrogen-bond donors (Lipinski definition) is 1. The summed E-state index contributed by atoms with van der Waals surface area (Å²) in [4.78, 5) is 18.2. The van der Waals surface area contributed by atoms with Crippen molar-refractivity contribution < 1.29 is 17.6 Å². The molecule has 0 saturated carbocycles. The average molecular weight is 416 g/mol. The van der Waals surface area contributed by atoms with Gasteiger partial charge in [-0.25, -0.2) is 22.6 Å². The molecule has 4 rings (SSSR count). The predicted octanol–water partition coefficient (Wildman–Crippen LogP) is 2.06. The number of carbonyl (C=O) groups is 1. The molecule has 152 valence electrons. The van der Waals surface area contributed by atoms with Crippen LogP contribution in [0.1, 0.15) is 11.3 Å². The van der Waals surface area contributed by atoms with E-state index in [1.807, 2.05) is 0 Å². The highest BCUT2D eigenvalue weighted by molar-refractivity contribution is 7.89. The number of halogens is 1. The van der Waals surface area contributed by atoms with Crippen LogP contribution in [0, 0.1) is 12.7 Å². The maximum absolute atomic E-state index is 13.7. The maximum Gasteiger partial charge on any atom is 0.318 e. The van der Waals surface area contributed by atoms with E-state index in [9.17, 15) is 17.6 Å².